The van der Waals surface area contributed by atoms with Gasteiger partial charge in [-0.3, -0.25) is 4.79 Å². The molecule has 1 aromatic carbocycles. The first-order valence-electron chi connectivity index (χ1n) is 7.52. The highest BCUT2D eigenvalue weighted by Gasteiger charge is 2.15. The zero-order valence-corrected chi connectivity index (χ0v) is 13.5. The van der Waals surface area contributed by atoms with Crippen molar-refractivity contribution in [3.05, 3.63) is 53.4 Å². The van der Waals surface area contributed by atoms with Gasteiger partial charge in [-0.1, -0.05) is 19.1 Å². The summed E-state index contributed by atoms with van der Waals surface area (Å²) in [6.45, 7) is 5.68. The number of nitrogens with zero attached hydrogens (tertiary/aromatic N) is 2. The van der Waals surface area contributed by atoms with Crippen LogP contribution in [0.15, 0.2) is 30.5 Å². The van der Waals surface area contributed by atoms with Crippen LogP contribution < -0.4 is 10.1 Å². The van der Waals surface area contributed by atoms with Crippen LogP contribution in [0.3, 0.4) is 0 Å². The number of amides is 1. The van der Waals surface area contributed by atoms with Crippen molar-refractivity contribution < 1.29 is 13.9 Å². The third kappa shape index (κ3) is 4.48. The lowest BCUT2D eigenvalue weighted by Crippen LogP contribution is -2.37. The van der Waals surface area contributed by atoms with Gasteiger partial charge in [0.05, 0.1) is 17.3 Å². The average Bonchev–Trinajstić information content (AvgIpc) is 2.53. The van der Waals surface area contributed by atoms with Crippen LogP contribution in [-0.2, 0) is 6.42 Å². The van der Waals surface area contributed by atoms with Crippen molar-refractivity contribution in [3.63, 3.8) is 0 Å². The number of carbonyl (C=O) groups is 1. The summed E-state index contributed by atoms with van der Waals surface area (Å²) < 4.78 is 18.9. The molecule has 0 bridgehead atoms. The molecule has 5 nitrogen and oxygen atoms in total. The third-order valence-electron chi connectivity index (χ3n) is 3.27. The number of carbonyl (C=O) groups excluding carboxylic acids is 1. The second kappa shape index (κ2) is 7.67. The molecule has 0 aliphatic heterocycles. The van der Waals surface area contributed by atoms with E-state index in [9.17, 15) is 9.18 Å². The predicted molar refractivity (Wildman–Crippen MR) is 85.0 cm³/mol. The molecule has 1 amide bonds. The van der Waals surface area contributed by atoms with E-state index in [1.165, 1.54) is 12.3 Å². The minimum Gasteiger partial charge on any atom is -0.488 e. The van der Waals surface area contributed by atoms with E-state index in [-0.39, 0.29) is 24.3 Å². The van der Waals surface area contributed by atoms with Crippen molar-refractivity contribution in [1.82, 2.24) is 15.3 Å². The van der Waals surface area contributed by atoms with Crippen LogP contribution in [0.1, 0.15) is 35.7 Å². The summed E-state index contributed by atoms with van der Waals surface area (Å²) in [5.41, 5.74) is 1.16. The van der Waals surface area contributed by atoms with Crippen molar-refractivity contribution in [3.8, 4) is 5.75 Å². The van der Waals surface area contributed by atoms with Crippen LogP contribution in [0.25, 0.3) is 0 Å². The monoisotopic (exact) mass is 317 g/mol. The zero-order valence-electron chi connectivity index (χ0n) is 13.5. The van der Waals surface area contributed by atoms with Gasteiger partial charge in [-0.05, 0) is 32.4 Å². The molecule has 0 unspecified atom stereocenters. The molecule has 0 spiro atoms. The van der Waals surface area contributed by atoms with Gasteiger partial charge in [0.25, 0.3) is 5.91 Å². The summed E-state index contributed by atoms with van der Waals surface area (Å²) >= 11 is 0. The number of benzene rings is 1. The number of aromatic nitrogens is 2. The molecule has 2 aromatic rings. The number of aryl methyl sites for hydroxylation is 2. The normalized spacial score (nSPS) is 11.8. The summed E-state index contributed by atoms with van der Waals surface area (Å²) in [5.74, 6) is 0.119. The number of ether oxygens (including phenoxy) is 1. The summed E-state index contributed by atoms with van der Waals surface area (Å²) in [7, 11) is 0. The molecule has 0 fully saturated rings. The second-order valence-electron chi connectivity index (χ2n) is 5.25. The molecule has 0 radical (unpaired) electrons. The Balaban J connectivity index is 1.96. The second-order valence-corrected chi connectivity index (χ2v) is 5.25. The molecule has 0 aliphatic rings. The third-order valence-corrected chi connectivity index (χ3v) is 3.27. The molecule has 1 atom stereocenters. The van der Waals surface area contributed by atoms with Crippen LogP contribution in [0.5, 0.6) is 5.75 Å². The fourth-order valence-electron chi connectivity index (χ4n) is 2.10. The van der Waals surface area contributed by atoms with Crippen LogP contribution in [0.2, 0.25) is 0 Å². The molecule has 2 rings (SSSR count). The lowest BCUT2D eigenvalue weighted by Gasteiger charge is -2.16. The summed E-state index contributed by atoms with van der Waals surface area (Å²) in [5, 5.41) is 2.81. The first kappa shape index (κ1) is 16.9. The molecule has 0 saturated carbocycles. The molecule has 6 heteroatoms. The van der Waals surface area contributed by atoms with Gasteiger partial charge in [-0.25, -0.2) is 14.4 Å². The Bertz CT molecular complexity index is 691. The largest absolute Gasteiger partial charge is 0.488 e. The Morgan fingerprint density at radius 3 is 2.83 bits per heavy atom. The highest BCUT2D eigenvalue weighted by Crippen LogP contribution is 2.15. The number of hydrogen-bond acceptors (Lipinski definition) is 4. The maximum Gasteiger partial charge on any atom is 0.255 e. The molecule has 1 heterocycles. The Labute approximate surface area is 134 Å². The van der Waals surface area contributed by atoms with Gasteiger partial charge in [0, 0.05) is 6.20 Å². The zero-order chi connectivity index (χ0) is 16.8. The summed E-state index contributed by atoms with van der Waals surface area (Å²) in [4.78, 5) is 20.6. The van der Waals surface area contributed by atoms with Gasteiger partial charge in [0.1, 0.15) is 12.4 Å². The maximum absolute atomic E-state index is 13.5. The van der Waals surface area contributed by atoms with Crippen molar-refractivity contribution in [2.45, 2.75) is 33.2 Å². The van der Waals surface area contributed by atoms with E-state index in [1.54, 1.807) is 32.0 Å². The molecule has 23 heavy (non-hydrogen) atoms. The fourth-order valence-corrected chi connectivity index (χ4v) is 2.10. The lowest BCUT2D eigenvalue weighted by atomic mass is 10.1. The minimum absolute atomic E-state index is 0.168. The van der Waals surface area contributed by atoms with Gasteiger partial charge < -0.3 is 10.1 Å². The quantitative estimate of drug-likeness (QED) is 0.889. The highest BCUT2D eigenvalue weighted by molar-refractivity contribution is 5.95. The van der Waals surface area contributed by atoms with E-state index in [0.29, 0.717) is 23.5 Å². The van der Waals surface area contributed by atoms with E-state index < -0.39 is 5.82 Å². The van der Waals surface area contributed by atoms with Crippen LogP contribution >= 0.6 is 0 Å². The van der Waals surface area contributed by atoms with E-state index in [4.69, 9.17) is 4.74 Å². The lowest BCUT2D eigenvalue weighted by molar-refractivity contribution is 0.0924. The molecular weight excluding hydrogens is 297 g/mol. The number of para-hydroxylation sites is 1. The van der Waals surface area contributed by atoms with Gasteiger partial charge in [0.15, 0.2) is 11.6 Å². The number of rotatable bonds is 6. The summed E-state index contributed by atoms with van der Waals surface area (Å²) in [6.07, 6.45) is 2.17. The Morgan fingerprint density at radius 1 is 1.39 bits per heavy atom. The van der Waals surface area contributed by atoms with Gasteiger partial charge in [-0.2, -0.15) is 0 Å². The number of hydrogen-bond donors (Lipinski definition) is 1. The average molecular weight is 317 g/mol. The molecule has 1 aromatic heterocycles. The predicted octanol–water partition coefficient (Wildman–Crippen LogP) is 2.68. The van der Waals surface area contributed by atoms with Crippen LogP contribution in [0, 0.1) is 12.7 Å². The van der Waals surface area contributed by atoms with E-state index in [0.717, 1.165) is 0 Å². The van der Waals surface area contributed by atoms with Gasteiger partial charge >= 0.3 is 0 Å². The van der Waals surface area contributed by atoms with Crippen LogP contribution in [-0.4, -0.2) is 28.5 Å². The number of nitrogens with one attached hydrogen (secondary N) is 1. The molecular formula is C17H20FN3O2. The smallest absolute Gasteiger partial charge is 0.255 e. The van der Waals surface area contributed by atoms with E-state index in [1.807, 2.05) is 6.92 Å². The molecule has 122 valence electrons. The standard InChI is InChI=1S/C17H20FN3O2/c1-4-15-13(9-19-12(3)21-15)17(22)20-11(2)10-23-16-8-6-5-7-14(16)18/h5-9,11H,4,10H2,1-3H3,(H,20,22)/t11-/m0/s1. The van der Waals surface area contributed by atoms with E-state index >= 15 is 0 Å². The SMILES string of the molecule is CCc1nc(C)ncc1C(=O)N[C@@H](C)COc1ccccc1F. The minimum atomic E-state index is -0.425. The Hall–Kier alpha value is -2.50. The van der Waals surface area contributed by atoms with Crippen molar-refractivity contribution in [2.24, 2.45) is 0 Å². The highest BCUT2D eigenvalue weighted by atomic mass is 19.1. The Kier molecular flexibility index (Phi) is 5.62. The number of halogens is 1. The molecule has 0 aliphatic carbocycles. The van der Waals surface area contributed by atoms with Gasteiger partial charge in [-0.15, -0.1) is 0 Å². The topological polar surface area (TPSA) is 64.1 Å². The molecule has 1 N–H and O–H groups in total. The maximum atomic E-state index is 13.5. The van der Waals surface area contributed by atoms with Crippen molar-refractivity contribution >= 4 is 5.91 Å². The first-order valence-corrected chi connectivity index (χ1v) is 7.52. The van der Waals surface area contributed by atoms with Crippen molar-refractivity contribution in [2.75, 3.05) is 6.61 Å². The first-order chi connectivity index (χ1) is 11.0. The summed E-state index contributed by atoms with van der Waals surface area (Å²) in [6, 6.07) is 5.88. The van der Waals surface area contributed by atoms with Gasteiger partial charge in [0.2, 0.25) is 0 Å². The van der Waals surface area contributed by atoms with Crippen molar-refractivity contribution in [1.29, 1.82) is 0 Å². The van der Waals surface area contributed by atoms with Crippen LogP contribution in [0.4, 0.5) is 4.39 Å². The Morgan fingerprint density at radius 2 is 2.13 bits per heavy atom. The molecule has 0 saturated heterocycles. The van der Waals surface area contributed by atoms with E-state index in [2.05, 4.69) is 15.3 Å². The fraction of sp³-hybridized carbons (Fsp3) is 0.353.